The van der Waals surface area contributed by atoms with Gasteiger partial charge in [-0.15, -0.1) is 0 Å². The highest BCUT2D eigenvalue weighted by atomic mass is 32.2. The fraction of sp³-hybridized carbons (Fsp3) is 0.440. The van der Waals surface area contributed by atoms with Crippen LogP contribution in [0.25, 0.3) is 11.1 Å². The lowest BCUT2D eigenvalue weighted by molar-refractivity contribution is -0.111. The van der Waals surface area contributed by atoms with Gasteiger partial charge in [0.1, 0.15) is 0 Å². The molecule has 1 fully saturated rings. The number of carbonyl (C=O) groups excluding carboxylic acids is 2. The molecule has 192 valence electrons. The number of β-amino-alcohol motifs (C(OH)–C–C–N with tert-alkyl or cyclic N) is 1. The summed E-state index contributed by atoms with van der Waals surface area (Å²) in [4.78, 5) is 31.9. The first-order valence-corrected chi connectivity index (χ1v) is 13.7. The predicted molar refractivity (Wildman–Crippen MR) is 136 cm³/mol. The van der Waals surface area contributed by atoms with E-state index in [1.54, 1.807) is 25.1 Å². The molecule has 0 spiro atoms. The zero-order chi connectivity index (χ0) is 25.8. The van der Waals surface area contributed by atoms with Crippen molar-refractivity contribution in [3.05, 3.63) is 51.8 Å². The van der Waals surface area contributed by atoms with E-state index in [1.165, 1.54) is 0 Å². The Hall–Kier alpha value is -2.99. The lowest BCUT2D eigenvalue weighted by Gasteiger charge is -2.19. The summed E-state index contributed by atoms with van der Waals surface area (Å²) < 4.78 is 25.2. The third-order valence-electron chi connectivity index (χ3n) is 7.21. The van der Waals surface area contributed by atoms with Crippen molar-refractivity contribution in [3.63, 3.8) is 0 Å². The van der Waals surface area contributed by atoms with E-state index in [0.717, 1.165) is 37.1 Å². The number of hydrogen-bond donors (Lipinski definition) is 4. The average Bonchev–Trinajstić information content (AvgIpc) is 3.55. The first-order valence-electron chi connectivity index (χ1n) is 12.2. The lowest BCUT2D eigenvalue weighted by Crippen LogP contribution is -2.39. The molecular weight excluding hydrogens is 482 g/mol. The number of aromatic amines is 1. The number of aliphatic hydroxyl groups excluding tert-OH is 1. The van der Waals surface area contributed by atoms with Crippen LogP contribution in [0.1, 0.15) is 57.7 Å². The minimum atomic E-state index is -4.31. The summed E-state index contributed by atoms with van der Waals surface area (Å²) >= 11 is 0. The molecule has 2 amide bonds. The number of fused-ring (bicyclic) bond motifs is 2. The number of H-pyrrole nitrogens is 1. The maximum Gasteiger partial charge on any atom is 0.305 e. The Balaban J connectivity index is 1.45. The minimum absolute atomic E-state index is 0.150. The van der Waals surface area contributed by atoms with Crippen LogP contribution in [-0.2, 0) is 21.4 Å². The Morgan fingerprint density at radius 2 is 1.94 bits per heavy atom. The molecule has 3 aliphatic rings. The van der Waals surface area contributed by atoms with Crippen LogP contribution in [0.2, 0.25) is 0 Å². The van der Waals surface area contributed by atoms with Gasteiger partial charge in [-0.2, -0.15) is 12.7 Å². The number of benzene rings is 1. The number of rotatable bonds is 6. The van der Waals surface area contributed by atoms with E-state index in [1.807, 2.05) is 6.92 Å². The third-order valence-corrected chi connectivity index (χ3v) is 8.08. The van der Waals surface area contributed by atoms with E-state index in [2.05, 4.69) is 15.2 Å². The van der Waals surface area contributed by atoms with Gasteiger partial charge in [0.05, 0.1) is 22.9 Å². The number of hydrogen-bond acceptors (Lipinski definition) is 6. The van der Waals surface area contributed by atoms with Crippen LogP contribution in [0.5, 0.6) is 0 Å². The smallest absolute Gasteiger partial charge is 0.305 e. The molecule has 5 rings (SSSR count). The number of amides is 2. The zero-order valence-electron chi connectivity index (χ0n) is 20.4. The Morgan fingerprint density at radius 3 is 2.64 bits per heavy atom. The Kier molecular flexibility index (Phi) is 6.27. The van der Waals surface area contributed by atoms with Gasteiger partial charge in [0.25, 0.3) is 11.8 Å². The van der Waals surface area contributed by atoms with Gasteiger partial charge in [0.2, 0.25) is 0 Å². The monoisotopic (exact) mass is 513 g/mol. The first-order chi connectivity index (χ1) is 17.1. The normalized spacial score (nSPS) is 20.7. The van der Waals surface area contributed by atoms with Crippen molar-refractivity contribution < 1.29 is 23.1 Å². The van der Waals surface area contributed by atoms with Crippen LogP contribution < -0.4 is 14.8 Å². The van der Waals surface area contributed by atoms with E-state index in [4.69, 9.17) is 5.14 Å². The van der Waals surface area contributed by atoms with Crippen molar-refractivity contribution in [1.29, 1.82) is 0 Å². The highest BCUT2D eigenvalue weighted by molar-refractivity contribution is 7.91. The number of anilines is 1. The largest absolute Gasteiger partial charge is 0.390 e. The Labute approximate surface area is 210 Å². The zero-order valence-corrected chi connectivity index (χ0v) is 21.2. The van der Waals surface area contributed by atoms with Crippen LogP contribution in [0.4, 0.5) is 5.69 Å². The molecule has 0 radical (unpaired) electrons. The number of nitrogens with two attached hydrogens (primary N) is 1. The highest BCUT2D eigenvalue weighted by Gasteiger charge is 2.42. The van der Waals surface area contributed by atoms with Crippen molar-refractivity contribution in [3.8, 4) is 0 Å². The molecule has 2 aliphatic heterocycles. The fourth-order valence-corrected chi connectivity index (χ4v) is 6.40. The SMILES string of the molecule is Cc1ccc2c(c1)/C(=C1\CCc3c1[nH]c(C)c3C(=O)NCC(O)CN1CCCC1)C(=O)N2S(N)(=O)=O. The van der Waals surface area contributed by atoms with E-state index in [9.17, 15) is 23.1 Å². The van der Waals surface area contributed by atoms with E-state index < -0.39 is 22.2 Å². The van der Waals surface area contributed by atoms with Crippen LogP contribution in [0, 0.1) is 13.8 Å². The number of aromatic nitrogens is 1. The van der Waals surface area contributed by atoms with E-state index in [0.29, 0.717) is 51.8 Å². The van der Waals surface area contributed by atoms with Gasteiger partial charge in [-0.3, -0.25) is 9.59 Å². The minimum Gasteiger partial charge on any atom is -0.390 e. The van der Waals surface area contributed by atoms with Gasteiger partial charge < -0.3 is 20.3 Å². The molecule has 11 heteroatoms. The second kappa shape index (κ2) is 9.15. The molecule has 1 aromatic heterocycles. The third kappa shape index (κ3) is 4.26. The van der Waals surface area contributed by atoms with Crippen molar-refractivity contribution in [2.24, 2.45) is 5.14 Å². The van der Waals surface area contributed by atoms with Gasteiger partial charge in [0, 0.05) is 30.0 Å². The summed E-state index contributed by atoms with van der Waals surface area (Å²) in [5.41, 5.74) is 5.21. The Bertz CT molecular complexity index is 1390. The molecule has 1 unspecified atom stereocenters. The molecule has 0 saturated carbocycles. The van der Waals surface area contributed by atoms with Crippen molar-refractivity contribution >= 4 is 38.9 Å². The van der Waals surface area contributed by atoms with Crippen LogP contribution in [0.3, 0.4) is 0 Å². The van der Waals surface area contributed by atoms with Crippen molar-refractivity contribution in [2.75, 3.05) is 30.5 Å². The number of nitrogens with zero attached hydrogens (tertiary/aromatic N) is 2. The van der Waals surface area contributed by atoms with Gasteiger partial charge in [0.15, 0.2) is 0 Å². The summed E-state index contributed by atoms with van der Waals surface area (Å²) in [5.74, 6) is -0.971. The maximum atomic E-state index is 13.3. The number of aryl methyl sites for hydroxylation is 2. The van der Waals surface area contributed by atoms with Gasteiger partial charge in [-0.1, -0.05) is 11.6 Å². The number of allylic oxidation sites excluding steroid dienone is 1. The molecule has 1 aliphatic carbocycles. The molecule has 1 saturated heterocycles. The van der Waals surface area contributed by atoms with Gasteiger partial charge >= 0.3 is 10.2 Å². The first kappa shape index (κ1) is 24.7. The lowest BCUT2D eigenvalue weighted by atomic mass is 9.98. The average molecular weight is 514 g/mol. The van der Waals surface area contributed by atoms with Crippen LogP contribution in [0.15, 0.2) is 18.2 Å². The van der Waals surface area contributed by atoms with Crippen LogP contribution in [-0.4, -0.2) is 67.5 Å². The molecular formula is C25H31N5O5S. The Morgan fingerprint density at radius 1 is 1.22 bits per heavy atom. The molecule has 10 nitrogen and oxygen atoms in total. The molecule has 2 aromatic rings. The quantitative estimate of drug-likeness (QED) is 0.427. The second-order valence-electron chi connectivity index (χ2n) is 9.84. The van der Waals surface area contributed by atoms with Crippen LogP contribution >= 0.6 is 0 Å². The molecule has 0 bridgehead atoms. The fourth-order valence-electron chi connectivity index (χ4n) is 5.64. The van der Waals surface area contributed by atoms with Gasteiger partial charge in [-0.25, -0.2) is 5.14 Å². The number of carbonyl (C=O) groups is 2. The highest BCUT2D eigenvalue weighted by Crippen LogP contribution is 2.46. The van der Waals surface area contributed by atoms with Crippen molar-refractivity contribution in [1.82, 2.24) is 15.2 Å². The van der Waals surface area contributed by atoms with E-state index in [-0.39, 0.29) is 23.7 Å². The number of nitrogens with one attached hydrogen (secondary N) is 2. The van der Waals surface area contributed by atoms with Gasteiger partial charge in [-0.05, 0) is 75.9 Å². The predicted octanol–water partition coefficient (Wildman–Crippen LogP) is 1.23. The summed E-state index contributed by atoms with van der Waals surface area (Å²) in [5, 5.41) is 18.6. The summed E-state index contributed by atoms with van der Waals surface area (Å²) in [6, 6.07) is 5.10. The summed E-state index contributed by atoms with van der Waals surface area (Å²) in [6.45, 7) is 6.28. The summed E-state index contributed by atoms with van der Waals surface area (Å²) in [6.07, 6.45) is 2.62. The molecule has 36 heavy (non-hydrogen) atoms. The molecule has 3 heterocycles. The molecule has 1 aromatic carbocycles. The van der Waals surface area contributed by atoms with E-state index >= 15 is 0 Å². The standard InChI is InChI=1S/C25H31N5O5S/c1-14-5-8-20-19(11-14)22(25(33)30(20)36(26,34)35)18-7-6-17-21(15(2)28-23(17)18)24(32)27-12-16(31)13-29-9-3-4-10-29/h5,8,11,16,28,31H,3-4,6-7,9-10,12-13H2,1-2H3,(H,27,32)(H2,26,34,35)/b22-18-. The molecule has 5 N–H and O–H groups in total. The summed E-state index contributed by atoms with van der Waals surface area (Å²) in [7, 11) is -4.31. The number of aliphatic hydroxyl groups is 1. The maximum absolute atomic E-state index is 13.3. The topological polar surface area (TPSA) is 149 Å². The van der Waals surface area contributed by atoms with Crippen molar-refractivity contribution in [2.45, 2.75) is 45.6 Å². The second-order valence-corrected chi connectivity index (χ2v) is 11.2. The number of likely N-dealkylation sites (tertiary alicyclic amines) is 1. The molecule has 1 atom stereocenters.